The lowest BCUT2D eigenvalue weighted by Crippen LogP contribution is -2.17. The minimum Gasteiger partial charge on any atom is -0.493 e. The number of hydrogen-bond acceptors (Lipinski definition) is 6. The first-order chi connectivity index (χ1) is 14.1. The van der Waals surface area contributed by atoms with Crippen molar-refractivity contribution in [2.24, 2.45) is 0 Å². The van der Waals surface area contributed by atoms with E-state index in [2.05, 4.69) is 15.9 Å². The van der Waals surface area contributed by atoms with Gasteiger partial charge in [0.15, 0.2) is 0 Å². The Bertz CT molecular complexity index is 843. The number of hydrogen-bond donors (Lipinski definition) is 0. The van der Waals surface area contributed by atoms with Crippen molar-refractivity contribution in [3.63, 3.8) is 0 Å². The molecule has 0 amide bonds. The van der Waals surface area contributed by atoms with E-state index in [1.54, 1.807) is 42.5 Å². The van der Waals surface area contributed by atoms with Gasteiger partial charge in [-0.05, 0) is 61.7 Å². The average molecular weight is 463 g/mol. The van der Waals surface area contributed by atoms with Crippen molar-refractivity contribution < 1.29 is 28.5 Å². The van der Waals surface area contributed by atoms with Gasteiger partial charge in [0.25, 0.3) is 0 Å². The summed E-state index contributed by atoms with van der Waals surface area (Å²) in [6.07, 6.45) is 2.70. The number of rotatable bonds is 8. The van der Waals surface area contributed by atoms with Gasteiger partial charge in [0.2, 0.25) is 0 Å². The van der Waals surface area contributed by atoms with E-state index in [9.17, 15) is 9.59 Å². The standard InChI is InChI=1S/C22H23BrO6/c1-2-11-27-20-10-7-16(23)13-19(20)22(25)29-17-8-5-15(6-9-17)21(24)28-14-18-4-3-12-26-18/h5-10,13,18H,2-4,11-12,14H2,1H3. The summed E-state index contributed by atoms with van der Waals surface area (Å²) in [5.74, 6) is -0.173. The maximum absolute atomic E-state index is 12.6. The highest BCUT2D eigenvalue weighted by Gasteiger charge is 2.19. The van der Waals surface area contributed by atoms with Crippen LogP contribution in [0.15, 0.2) is 46.9 Å². The number of carbonyl (C=O) groups excluding carboxylic acids is 2. The van der Waals surface area contributed by atoms with Crippen LogP contribution in [-0.2, 0) is 9.47 Å². The van der Waals surface area contributed by atoms with Crippen molar-refractivity contribution in [2.45, 2.75) is 32.3 Å². The molecule has 7 heteroatoms. The maximum Gasteiger partial charge on any atom is 0.347 e. The first-order valence-electron chi connectivity index (χ1n) is 9.60. The summed E-state index contributed by atoms with van der Waals surface area (Å²) >= 11 is 3.36. The summed E-state index contributed by atoms with van der Waals surface area (Å²) in [5, 5.41) is 0. The highest BCUT2D eigenvalue weighted by atomic mass is 79.9. The maximum atomic E-state index is 12.6. The molecule has 0 saturated carbocycles. The van der Waals surface area contributed by atoms with E-state index in [1.807, 2.05) is 6.92 Å². The van der Waals surface area contributed by atoms with Crippen molar-refractivity contribution in [3.05, 3.63) is 58.1 Å². The Morgan fingerprint density at radius 2 is 1.93 bits per heavy atom. The topological polar surface area (TPSA) is 71.1 Å². The molecule has 154 valence electrons. The van der Waals surface area contributed by atoms with Crippen LogP contribution in [-0.4, -0.2) is 37.9 Å². The molecule has 2 aromatic carbocycles. The molecule has 0 aliphatic carbocycles. The Labute approximate surface area is 178 Å². The van der Waals surface area contributed by atoms with Gasteiger partial charge in [-0.15, -0.1) is 0 Å². The summed E-state index contributed by atoms with van der Waals surface area (Å²) in [7, 11) is 0. The largest absolute Gasteiger partial charge is 0.493 e. The molecule has 3 rings (SSSR count). The third kappa shape index (κ3) is 6.05. The molecule has 0 spiro atoms. The number of esters is 2. The van der Waals surface area contributed by atoms with Crippen molar-refractivity contribution in [3.8, 4) is 11.5 Å². The monoisotopic (exact) mass is 462 g/mol. The molecule has 1 saturated heterocycles. The van der Waals surface area contributed by atoms with E-state index in [0.29, 0.717) is 35.8 Å². The Kier molecular flexibility index (Phi) is 7.66. The van der Waals surface area contributed by atoms with Crippen LogP contribution >= 0.6 is 15.9 Å². The molecule has 0 aromatic heterocycles. The van der Waals surface area contributed by atoms with Gasteiger partial charge < -0.3 is 18.9 Å². The summed E-state index contributed by atoms with van der Waals surface area (Å²) in [6, 6.07) is 11.4. The number of halogens is 1. The molecule has 6 nitrogen and oxygen atoms in total. The van der Waals surface area contributed by atoms with Crippen molar-refractivity contribution in [1.29, 1.82) is 0 Å². The minimum atomic E-state index is -0.536. The lowest BCUT2D eigenvalue weighted by atomic mass is 10.2. The van der Waals surface area contributed by atoms with Crippen LogP contribution in [0.25, 0.3) is 0 Å². The first kappa shape index (κ1) is 21.3. The van der Waals surface area contributed by atoms with E-state index in [-0.39, 0.29) is 12.7 Å². The van der Waals surface area contributed by atoms with Gasteiger partial charge in [-0.3, -0.25) is 0 Å². The Morgan fingerprint density at radius 3 is 2.62 bits per heavy atom. The molecule has 0 N–H and O–H groups in total. The molecule has 0 bridgehead atoms. The molecule has 2 aromatic rings. The lowest BCUT2D eigenvalue weighted by Gasteiger charge is -2.12. The zero-order valence-corrected chi connectivity index (χ0v) is 17.8. The van der Waals surface area contributed by atoms with Gasteiger partial charge in [-0.2, -0.15) is 0 Å². The second kappa shape index (κ2) is 10.4. The molecule has 1 atom stereocenters. The minimum absolute atomic E-state index is 0.0199. The second-order valence-electron chi connectivity index (χ2n) is 6.64. The Morgan fingerprint density at radius 1 is 1.14 bits per heavy atom. The Hall–Kier alpha value is -2.38. The van der Waals surface area contributed by atoms with Crippen LogP contribution in [0.4, 0.5) is 0 Å². The molecule has 1 fully saturated rings. The predicted molar refractivity (Wildman–Crippen MR) is 111 cm³/mol. The fraction of sp³-hybridized carbons (Fsp3) is 0.364. The van der Waals surface area contributed by atoms with Gasteiger partial charge >= 0.3 is 11.9 Å². The molecular formula is C22H23BrO6. The van der Waals surface area contributed by atoms with E-state index in [1.165, 1.54) is 0 Å². The quantitative estimate of drug-likeness (QED) is 0.414. The zero-order chi connectivity index (χ0) is 20.6. The normalized spacial score (nSPS) is 15.7. The van der Waals surface area contributed by atoms with Gasteiger partial charge in [0, 0.05) is 11.1 Å². The van der Waals surface area contributed by atoms with Crippen molar-refractivity contribution in [1.82, 2.24) is 0 Å². The van der Waals surface area contributed by atoms with Gasteiger partial charge in [0.05, 0.1) is 18.3 Å². The highest BCUT2D eigenvalue weighted by molar-refractivity contribution is 9.10. The van der Waals surface area contributed by atoms with E-state index < -0.39 is 11.9 Å². The van der Waals surface area contributed by atoms with Crippen LogP contribution in [0, 0.1) is 0 Å². The van der Waals surface area contributed by atoms with E-state index in [0.717, 1.165) is 23.7 Å². The zero-order valence-electron chi connectivity index (χ0n) is 16.2. The SMILES string of the molecule is CCCOc1ccc(Br)cc1C(=O)Oc1ccc(C(=O)OCC2CCCO2)cc1. The molecule has 1 aliphatic rings. The smallest absolute Gasteiger partial charge is 0.347 e. The molecule has 1 aliphatic heterocycles. The molecule has 0 radical (unpaired) electrons. The fourth-order valence-electron chi connectivity index (χ4n) is 2.85. The second-order valence-corrected chi connectivity index (χ2v) is 7.55. The number of benzene rings is 2. The van der Waals surface area contributed by atoms with Crippen LogP contribution in [0.1, 0.15) is 46.9 Å². The predicted octanol–water partition coefficient (Wildman–Crippen LogP) is 4.79. The van der Waals surface area contributed by atoms with Crippen molar-refractivity contribution in [2.75, 3.05) is 19.8 Å². The third-order valence-electron chi connectivity index (χ3n) is 4.35. The van der Waals surface area contributed by atoms with Crippen LogP contribution in [0.3, 0.4) is 0 Å². The fourth-order valence-corrected chi connectivity index (χ4v) is 3.21. The van der Waals surface area contributed by atoms with E-state index >= 15 is 0 Å². The van der Waals surface area contributed by atoms with Gasteiger partial charge in [-0.1, -0.05) is 22.9 Å². The number of ether oxygens (including phenoxy) is 4. The third-order valence-corrected chi connectivity index (χ3v) is 4.84. The van der Waals surface area contributed by atoms with Gasteiger partial charge in [-0.25, -0.2) is 9.59 Å². The molecule has 1 unspecified atom stereocenters. The van der Waals surface area contributed by atoms with Gasteiger partial charge in [0.1, 0.15) is 23.7 Å². The average Bonchev–Trinajstić information content (AvgIpc) is 3.25. The molecular weight excluding hydrogens is 440 g/mol. The first-order valence-corrected chi connectivity index (χ1v) is 10.4. The summed E-state index contributed by atoms with van der Waals surface area (Å²) in [6.45, 7) is 3.46. The summed E-state index contributed by atoms with van der Waals surface area (Å²) in [4.78, 5) is 24.7. The summed E-state index contributed by atoms with van der Waals surface area (Å²) < 4.78 is 22.5. The highest BCUT2D eigenvalue weighted by Crippen LogP contribution is 2.25. The number of carbonyl (C=O) groups is 2. The van der Waals surface area contributed by atoms with E-state index in [4.69, 9.17) is 18.9 Å². The molecule has 29 heavy (non-hydrogen) atoms. The van der Waals surface area contributed by atoms with Crippen LogP contribution in [0.5, 0.6) is 11.5 Å². The lowest BCUT2D eigenvalue weighted by molar-refractivity contribution is 0.0161. The summed E-state index contributed by atoms with van der Waals surface area (Å²) in [5.41, 5.74) is 0.713. The Balaban J connectivity index is 1.61. The van der Waals surface area contributed by atoms with Crippen LogP contribution < -0.4 is 9.47 Å². The molecule has 1 heterocycles. The van der Waals surface area contributed by atoms with Crippen molar-refractivity contribution >= 4 is 27.9 Å². The van der Waals surface area contributed by atoms with Crippen LogP contribution in [0.2, 0.25) is 0 Å².